The summed E-state index contributed by atoms with van der Waals surface area (Å²) in [4.78, 5) is 25.2. The number of para-hydroxylation sites is 1. The van der Waals surface area contributed by atoms with Crippen molar-refractivity contribution in [2.24, 2.45) is 0 Å². The molecule has 3 aromatic carbocycles. The second kappa shape index (κ2) is 11.4. The normalized spacial score (nSPS) is 11.5. The van der Waals surface area contributed by atoms with E-state index in [4.69, 9.17) is 21.1 Å². The molecular formula is C26H27ClN2O4. The Hall–Kier alpha value is -3.51. The van der Waals surface area contributed by atoms with E-state index in [0.717, 1.165) is 11.3 Å². The molecule has 172 valence electrons. The number of rotatable bonds is 9. The summed E-state index contributed by atoms with van der Waals surface area (Å²) in [6, 6.07) is 20.9. The summed E-state index contributed by atoms with van der Waals surface area (Å²) in [6.45, 7) is 3.79. The average molecular weight is 467 g/mol. The lowest BCUT2D eigenvalue weighted by Crippen LogP contribution is -2.47. The molecule has 0 aliphatic rings. The highest BCUT2D eigenvalue weighted by Gasteiger charge is 2.21. The summed E-state index contributed by atoms with van der Waals surface area (Å²) in [5.41, 5.74) is 1.22. The molecule has 0 saturated heterocycles. The molecule has 0 fully saturated rings. The van der Waals surface area contributed by atoms with Gasteiger partial charge >= 0.3 is 0 Å². The molecule has 0 bridgehead atoms. The zero-order valence-electron chi connectivity index (χ0n) is 18.8. The highest BCUT2D eigenvalue weighted by molar-refractivity contribution is 6.32. The van der Waals surface area contributed by atoms with Gasteiger partial charge < -0.3 is 20.1 Å². The van der Waals surface area contributed by atoms with E-state index in [9.17, 15) is 9.59 Å². The van der Waals surface area contributed by atoms with Gasteiger partial charge in [-0.3, -0.25) is 9.59 Å². The van der Waals surface area contributed by atoms with Crippen molar-refractivity contribution < 1.29 is 19.1 Å². The van der Waals surface area contributed by atoms with Gasteiger partial charge in [0.05, 0.1) is 11.1 Å². The number of hydrogen-bond donors (Lipinski definition) is 2. The molecule has 6 nitrogen and oxygen atoms in total. The monoisotopic (exact) mass is 466 g/mol. The van der Waals surface area contributed by atoms with Crippen molar-refractivity contribution in [1.29, 1.82) is 0 Å². The molecule has 0 heterocycles. The molecule has 0 aliphatic heterocycles. The number of amides is 2. The van der Waals surface area contributed by atoms with E-state index >= 15 is 0 Å². The lowest BCUT2D eigenvalue weighted by Gasteiger charge is -2.18. The number of ether oxygens (including phenoxy) is 2. The molecule has 1 unspecified atom stereocenters. The Bertz CT molecular complexity index is 1090. The molecule has 0 spiro atoms. The van der Waals surface area contributed by atoms with Crippen LogP contribution >= 0.6 is 11.6 Å². The van der Waals surface area contributed by atoms with Crippen molar-refractivity contribution in [3.63, 3.8) is 0 Å². The third-order valence-electron chi connectivity index (χ3n) is 4.77. The summed E-state index contributed by atoms with van der Waals surface area (Å²) in [6.07, 6.45) is 0.281. The lowest BCUT2D eigenvalue weighted by molar-refractivity contribution is -0.122. The maximum atomic E-state index is 12.8. The number of halogens is 1. The van der Waals surface area contributed by atoms with Gasteiger partial charge in [-0.05, 0) is 61.9 Å². The third-order valence-corrected chi connectivity index (χ3v) is 5.06. The van der Waals surface area contributed by atoms with Crippen molar-refractivity contribution in [3.05, 3.63) is 88.9 Å². The molecule has 2 amide bonds. The topological polar surface area (TPSA) is 76.7 Å². The standard InChI is InChI=1S/C26H27ClN2O4/c1-17(2)32-24-14-11-19(16-22(24)27)25(30)29-23(26(31)28-3)15-18-9-12-21(13-10-18)33-20-7-5-4-6-8-20/h4-14,16-17,23H,15H2,1-3H3,(H,28,31)(H,29,30). The van der Waals surface area contributed by atoms with Gasteiger partial charge in [0.2, 0.25) is 5.91 Å². The van der Waals surface area contributed by atoms with E-state index < -0.39 is 11.9 Å². The molecule has 0 aromatic heterocycles. The van der Waals surface area contributed by atoms with E-state index in [2.05, 4.69) is 10.6 Å². The summed E-state index contributed by atoms with van der Waals surface area (Å²) in [5.74, 6) is 1.24. The number of carbonyl (C=O) groups excluding carboxylic acids is 2. The van der Waals surface area contributed by atoms with Gasteiger partial charge in [0, 0.05) is 19.0 Å². The van der Waals surface area contributed by atoms with Crippen LogP contribution < -0.4 is 20.1 Å². The van der Waals surface area contributed by atoms with E-state index in [1.54, 1.807) is 12.1 Å². The van der Waals surface area contributed by atoms with Crippen molar-refractivity contribution in [3.8, 4) is 17.2 Å². The molecule has 0 aliphatic carbocycles. The van der Waals surface area contributed by atoms with Crippen LogP contribution in [-0.4, -0.2) is 31.0 Å². The predicted octanol–water partition coefficient (Wildman–Crippen LogP) is 5.01. The number of hydrogen-bond acceptors (Lipinski definition) is 4. The van der Waals surface area contributed by atoms with Gasteiger partial charge in [-0.1, -0.05) is 41.9 Å². The molecule has 0 saturated carbocycles. The van der Waals surface area contributed by atoms with Crippen LogP contribution in [0.25, 0.3) is 0 Å². The second-order valence-electron chi connectivity index (χ2n) is 7.72. The molecule has 2 N–H and O–H groups in total. The van der Waals surface area contributed by atoms with Crippen molar-refractivity contribution >= 4 is 23.4 Å². The van der Waals surface area contributed by atoms with Gasteiger partial charge in [-0.25, -0.2) is 0 Å². The Morgan fingerprint density at radius 1 is 0.939 bits per heavy atom. The minimum Gasteiger partial charge on any atom is -0.489 e. The molecular weight excluding hydrogens is 440 g/mol. The second-order valence-corrected chi connectivity index (χ2v) is 8.12. The van der Waals surface area contributed by atoms with E-state index in [1.807, 2.05) is 68.4 Å². The fourth-order valence-corrected chi connectivity index (χ4v) is 3.40. The van der Waals surface area contributed by atoms with Crippen molar-refractivity contribution in [2.75, 3.05) is 7.05 Å². The molecule has 33 heavy (non-hydrogen) atoms. The molecule has 1 atom stereocenters. The van der Waals surface area contributed by atoms with Crippen LogP contribution in [0.4, 0.5) is 0 Å². The molecule has 0 radical (unpaired) electrons. The van der Waals surface area contributed by atoms with Crippen LogP contribution in [0.2, 0.25) is 5.02 Å². The fourth-order valence-electron chi connectivity index (χ4n) is 3.17. The van der Waals surface area contributed by atoms with E-state index in [1.165, 1.54) is 13.1 Å². The minimum absolute atomic E-state index is 0.0377. The average Bonchev–Trinajstić information content (AvgIpc) is 2.81. The summed E-state index contributed by atoms with van der Waals surface area (Å²) in [5, 5.41) is 5.73. The first-order valence-electron chi connectivity index (χ1n) is 10.7. The number of carbonyl (C=O) groups is 2. The fraction of sp³-hybridized carbons (Fsp3) is 0.231. The largest absolute Gasteiger partial charge is 0.489 e. The van der Waals surface area contributed by atoms with Crippen molar-refractivity contribution in [2.45, 2.75) is 32.4 Å². The quantitative estimate of drug-likeness (QED) is 0.465. The Morgan fingerprint density at radius 2 is 1.61 bits per heavy atom. The van der Waals surface area contributed by atoms with Crippen LogP contribution in [0.3, 0.4) is 0 Å². The first-order chi connectivity index (χ1) is 15.9. The molecule has 7 heteroatoms. The van der Waals surface area contributed by atoms with Gasteiger partial charge in [-0.15, -0.1) is 0 Å². The smallest absolute Gasteiger partial charge is 0.251 e. The van der Waals surface area contributed by atoms with Gasteiger partial charge in [0.25, 0.3) is 5.91 Å². The minimum atomic E-state index is -0.756. The Labute approximate surface area is 198 Å². The van der Waals surface area contributed by atoms with Gasteiger partial charge in [-0.2, -0.15) is 0 Å². The summed E-state index contributed by atoms with van der Waals surface area (Å²) >= 11 is 6.25. The third kappa shape index (κ3) is 6.99. The summed E-state index contributed by atoms with van der Waals surface area (Å²) in [7, 11) is 1.53. The highest BCUT2D eigenvalue weighted by atomic mass is 35.5. The van der Waals surface area contributed by atoms with E-state index in [0.29, 0.717) is 28.5 Å². The molecule has 3 aromatic rings. The van der Waals surface area contributed by atoms with Gasteiger partial charge in [0.15, 0.2) is 0 Å². The Balaban J connectivity index is 1.68. The van der Waals surface area contributed by atoms with Crippen molar-refractivity contribution in [1.82, 2.24) is 10.6 Å². The number of benzene rings is 3. The zero-order valence-corrected chi connectivity index (χ0v) is 19.6. The van der Waals surface area contributed by atoms with E-state index in [-0.39, 0.29) is 12.0 Å². The predicted molar refractivity (Wildman–Crippen MR) is 129 cm³/mol. The first kappa shape index (κ1) is 24.1. The first-order valence-corrected chi connectivity index (χ1v) is 11.0. The Morgan fingerprint density at radius 3 is 2.21 bits per heavy atom. The number of likely N-dealkylation sites (N-methyl/N-ethyl adjacent to an activating group) is 1. The maximum Gasteiger partial charge on any atom is 0.251 e. The van der Waals surface area contributed by atoms with Crippen LogP contribution in [0.5, 0.6) is 17.2 Å². The Kier molecular flexibility index (Phi) is 8.33. The number of nitrogens with one attached hydrogen (secondary N) is 2. The molecule has 3 rings (SSSR count). The van der Waals surface area contributed by atoms with Crippen LogP contribution in [0, 0.1) is 0 Å². The van der Waals surface area contributed by atoms with Crippen LogP contribution in [-0.2, 0) is 11.2 Å². The van der Waals surface area contributed by atoms with Gasteiger partial charge in [0.1, 0.15) is 23.3 Å². The highest BCUT2D eigenvalue weighted by Crippen LogP contribution is 2.26. The SMILES string of the molecule is CNC(=O)C(Cc1ccc(Oc2ccccc2)cc1)NC(=O)c1ccc(OC(C)C)c(Cl)c1. The maximum absolute atomic E-state index is 12.8. The zero-order chi connectivity index (χ0) is 23.8. The lowest BCUT2D eigenvalue weighted by atomic mass is 10.0. The van der Waals surface area contributed by atoms with Crippen LogP contribution in [0.15, 0.2) is 72.8 Å². The summed E-state index contributed by atoms with van der Waals surface area (Å²) < 4.78 is 11.4. The van der Waals surface area contributed by atoms with Crippen LogP contribution in [0.1, 0.15) is 29.8 Å².